The smallest absolute Gasteiger partial charge is 0.165 e. The first-order valence-corrected chi connectivity index (χ1v) is 5.48. The van der Waals surface area contributed by atoms with Crippen molar-refractivity contribution in [2.75, 3.05) is 13.7 Å². The number of allylic oxidation sites excluding steroid dienone is 1. The topological polar surface area (TPSA) is 21.3 Å². The molecule has 1 N–H and O–H groups in total. The second-order valence-electron chi connectivity index (χ2n) is 4.19. The fourth-order valence-corrected chi connectivity index (χ4v) is 1.81. The van der Waals surface area contributed by atoms with Crippen LogP contribution in [-0.4, -0.2) is 13.7 Å². The third-order valence-electron chi connectivity index (χ3n) is 2.83. The van der Waals surface area contributed by atoms with Gasteiger partial charge in [-0.25, -0.2) is 4.39 Å². The standard InChI is InChI=1S/C13H16FNO/c1-9-3-6-12(15-8-9)10-4-5-11(14)13(7-10)16-2/h4-7,9,15H,3,8H2,1-2H3. The molecule has 2 rings (SSSR count). The summed E-state index contributed by atoms with van der Waals surface area (Å²) in [5.41, 5.74) is 2.04. The summed E-state index contributed by atoms with van der Waals surface area (Å²) in [6.45, 7) is 3.16. The highest BCUT2D eigenvalue weighted by Gasteiger charge is 2.12. The van der Waals surface area contributed by atoms with E-state index in [1.165, 1.54) is 13.2 Å². The Morgan fingerprint density at radius 2 is 2.25 bits per heavy atom. The van der Waals surface area contributed by atoms with Gasteiger partial charge in [0.25, 0.3) is 0 Å². The molecule has 16 heavy (non-hydrogen) atoms. The zero-order chi connectivity index (χ0) is 11.5. The molecule has 1 atom stereocenters. The number of rotatable bonds is 2. The van der Waals surface area contributed by atoms with E-state index in [1.807, 2.05) is 0 Å². The molecule has 0 saturated heterocycles. The van der Waals surface area contributed by atoms with Gasteiger partial charge in [0.15, 0.2) is 11.6 Å². The Hall–Kier alpha value is -1.51. The van der Waals surface area contributed by atoms with Crippen LogP contribution in [0.4, 0.5) is 4.39 Å². The molecule has 0 aromatic heterocycles. The van der Waals surface area contributed by atoms with Gasteiger partial charge in [-0.1, -0.05) is 13.0 Å². The summed E-state index contributed by atoms with van der Waals surface area (Å²) in [5, 5.41) is 3.34. The van der Waals surface area contributed by atoms with Crippen LogP contribution in [0.25, 0.3) is 5.70 Å². The molecule has 0 spiro atoms. The molecule has 1 aliphatic rings. The van der Waals surface area contributed by atoms with Crippen LogP contribution < -0.4 is 10.1 Å². The largest absolute Gasteiger partial charge is 0.494 e. The summed E-state index contributed by atoms with van der Waals surface area (Å²) in [4.78, 5) is 0. The summed E-state index contributed by atoms with van der Waals surface area (Å²) in [7, 11) is 1.48. The highest BCUT2D eigenvalue weighted by atomic mass is 19.1. The fraction of sp³-hybridized carbons (Fsp3) is 0.385. The third kappa shape index (κ3) is 2.18. The van der Waals surface area contributed by atoms with Crippen LogP contribution in [0.3, 0.4) is 0 Å². The van der Waals surface area contributed by atoms with Crippen LogP contribution in [0, 0.1) is 11.7 Å². The Morgan fingerprint density at radius 1 is 1.44 bits per heavy atom. The predicted octanol–water partition coefficient (Wildman–Crippen LogP) is 2.80. The van der Waals surface area contributed by atoms with Crippen LogP contribution in [0.15, 0.2) is 24.3 Å². The van der Waals surface area contributed by atoms with Gasteiger partial charge in [-0.05, 0) is 30.5 Å². The number of methoxy groups -OCH3 is 1. The molecule has 1 aliphatic heterocycles. The number of halogens is 1. The average molecular weight is 221 g/mol. The molecule has 0 amide bonds. The van der Waals surface area contributed by atoms with Crippen molar-refractivity contribution in [2.24, 2.45) is 5.92 Å². The lowest BCUT2D eigenvalue weighted by Crippen LogP contribution is -2.23. The molecule has 86 valence electrons. The van der Waals surface area contributed by atoms with Gasteiger partial charge < -0.3 is 10.1 Å². The first-order chi connectivity index (χ1) is 7.70. The number of benzene rings is 1. The molecule has 2 nitrogen and oxygen atoms in total. The number of hydrogen-bond acceptors (Lipinski definition) is 2. The van der Waals surface area contributed by atoms with Crippen molar-refractivity contribution in [1.29, 1.82) is 0 Å². The van der Waals surface area contributed by atoms with E-state index >= 15 is 0 Å². The molecule has 0 radical (unpaired) electrons. The number of nitrogens with one attached hydrogen (secondary N) is 1. The Morgan fingerprint density at radius 3 is 2.88 bits per heavy atom. The number of hydrogen-bond donors (Lipinski definition) is 1. The van der Waals surface area contributed by atoms with Crippen molar-refractivity contribution in [3.8, 4) is 5.75 Å². The van der Waals surface area contributed by atoms with Crippen molar-refractivity contribution in [3.05, 3.63) is 35.7 Å². The van der Waals surface area contributed by atoms with Gasteiger partial charge in [-0.15, -0.1) is 0 Å². The van der Waals surface area contributed by atoms with E-state index in [1.54, 1.807) is 12.1 Å². The van der Waals surface area contributed by atoms with Gasteiger partial charge in [0.1, 0.15) is 0 Å². The van der Waals surface area contributed by atoms with E-state index in [-0.39, 0.29) is 5.82 Å². The normalized spacial score (nSPS) is 19.9. The van der Waals surface area contributed by atoms with Gasteiger partial charge in [-0.2, -0.15) is 0 Å². The summed E-state index contributed by atoms with van der Waals surface area (Å²) in [6.07, 6.45) is 3.21. The quantitative estimate of drug-likeness (QED) is 0.829. The molecule has 0 saturated carbocycles. The first-order valence-electron chi connectivity index (χ1n) is 5.48. The molecule has 3 heteroatoms. The zero-order valence-corrected chi connectivity index (χ0v) is 9.59. The minimum Gasteiger partial charge on any atom is -0.494 e. The van der Waals surface area contributed by atoms with E-state index in [0.29, 0.717) is 11.7 Å². The maximum absolute atomic E-state index is 13.2. The van der Waals surface area contributed by atoms with Crippen LogP contribution in [0.1, 0.15) is 18.9 Å². The zero-order valence-electron chi connectivity index (χ0n) is 9.59. The van der Waals surface area contributed by atoms with Gasteiger partial charge in [-0.3, -0.25) is 0 Å². The SMILES string of the molecule is COc1cc(C2=CCC(C)CN2)ccc1F. The second-order valence-corrected chi connectivity index (χ2v) is 4.19. The summed E-state index contributed by atoms with van der Waals surface area (Å²) in [6, 6.07) is 4.94. The molecule has 1 heterocycles. The van der Waals surface area contributed by atoms with Gasteiger partial charge >= 0.3 is 0 Å². The minimum absolute atomic E-state index is 0.291. The van der Waals surface area contributed by atoms with Crippen LogP contribution >= 0.6 is 0 Å². The maximum Gasteiger partial charge on any atom is 0.165 e. The minimum atomic E-state index is -0.323. The highest BCUT2D eigenvalue weighted by Crippen LogP contribution is 2.24. The van der Waals surface area contributed by atoms with Crippen molar-refractivity contribution in [3.63, 3.8) is 0 Å². The van der Waals surface area contributed by atoms with Gasteiger partial charge in [0.2, 0.25) is 0 Å². The molecule has 0 aliphatic carbocycles. The van der Waals surface area contributed by atoms with E-state index in [4.69, 9.17) is 4.74 Å². The molecular formula is C13H16FNO. The Kier molecular flexibility index (Phi) is 3.13. The third-order valence-corrected chi connectivity index (χ3v) is 2.83. The lowest BCUT2D eigenvalue weighted by molar-refractivity contribution is 0.386. The van der Waals surface area contributed by atoms with E-state index in [9.17, 15) is 4.39 Å². The fourth-order valence-electron chi connectivity index (χ4n) is 1.81. The Bertz CT molecular complexity index is 414. The van der Waals surface area contributed by atoms with Crippen molar-refractivity contribution in [2.45, 2.75) is 13.3 Å². The van der Waals surface area contributed by atoms with Crippen molar-refractivity contribution < 1.29 is 9.13 Å². The van der Waals surface area contributed by atoms with E-state index in [2.05, 4.69) is 18.3 Å². The van der Waals surface area contributed by atoms with Crippen molar-refractivity contribution in [1.82, 2.24) is 5.32 Å². The van der Waals surface area contributed by atoms with Gasteiger partial charge in [0, 0.05) is 17.8 Å². The summed E-state index contributed by atoms with van der Waals surface area (Å²) < 4.78 is 18.2. The summed E-state index contributed by atoms with van der Waals surface area (Å²) >= 11 is 0. The van der Waals surface area contributed by atoms with Crippen molar-refractivity contribution >= 4 is 5.70 Å². The van der Waals surface area contributed by atoms with Crippen LogP contribution in [0.5, 0.6) is 5.75 Å². The van der Waals surface area contributed by atoms with Crippen LogP contribution in [-0.2, 0) is 0 Å². The monoisotopic (exact) mass is 221 g/mol. The van der Waals surface area contributed by atoms with Gasteiger partial charge in [0.05, 0.1) is 7.11 Å². The first kappa shape index (κ1) is 11.0. The molecule has 0 fully saturated rings. The summed E-state index contributed by atoms with van der Waals surface area (Å²) in [5.74, 6) is 0.626. The molecule has 1 aromatic rings. The van der Waals surface area contributed by atoms with E-state index in [0.717, 1.165) is 24.2 Å². The average Bonchev–Trinajstić information content (AvgIpc) is 2.31. The molecule has 1 aromatic carbocycles. The maximum atomic E-state index is 13.2. The predicted molar refractivity (Wildman–Crippen MR) is 62.7 cm³/mol. The van der Waals surface area contributed by atoms with Crippen LogP contribution in [0.2, 0.25) is 0 Å². The second kappa shape index (κ2) is 4.56. The molecular weight excluding hydrogens is 205 g/mol. The molecule has 1 unspecified atom stereocenters. The highest BCUT2D eigenvalue weighted by molar-refractivity contribution is 5.65. The lowest BCUT2D eigenvalue weighted by Gasteiger charge is -2.21. The molecule has 0 bridgehead atoms. The number of ether oxygens (including phenoxy) is 1. The van der Waals surface area contributed by atoms with E-state index < -0.39 is 0 Å². The Balaban J connectivity index is 2.27. The lowest BCUT2D eigenvalue weighted by atomic mass is 10.0. The Labute approximate surface area is 95.1 Å².